The fraction of sp³-hybridized carbons (Fsp3) is 0.360. The highest BCUT2D eigenvalue weighted by atomic mass is 16.6. The Labute approximate surface area is 198 Å². The average molecular weight is 482 g/mol. The van der Waals surface area contributed by atoms with Gasteiger partial charge in [0.15, 0.2) is 29.5 Å². The van der Waals surface area contributed by atoms with Gasteiger partial charge in [0.25, 0.3) is 0 Å². The summed E-state index contributed by atoms with van der Waals surface area (Å²) in [6.07, 6.45) is -1.37. The third-order valence-electron chi connectivity index (χ3n) is 7.62. The number of phenolic OH excluding ortho intramolecular Hbond substituents is 3. The lowest BCUT2D eigenvalue weighted by molar-refractivity contribution is -0.206. The van der Waals surface area contributed by atoms with Gasteiger partial charge < -0.3 is 39.7 Å². The Hall–Kier alpha value is -3.60. The molecule has 0 aromatic heterocycles. The summed E-state index contributed by atoms with van der Waals surface area (Å²) in [5.41, 5.74) is 0.796. The number of aromatic hydroxyl groups is 3. The number of ketones is 2. The molecule has 2 aromatic carbocycles. The predicted molar refractivity (Wildman–Crippen MR) is 116 cm³/mol. The van der Waals surface area contributed by atoms with E-state index in [1.165, 1.54) is 13.2 Å². The largest absolute Gasteiger partial charge is 0.508 e. The Morgan fingerprint density at radius 2 is 1.86 bits per heavy atom. The van der Waals surface area contributed by atoms with E-state index >= 15 is 0 Å². The first-order valence-corrected chi connectivity index (χ1v) is 11.1. The van der Waals surface area contributed by atoms with Crippen molar-refractivity contribution in [3.8, 4) is 28.7 Å². The van der Waals surface area contributed by atoms with Crippen molar-refractivity contribution in [1.82, 2.24) is 0 Å². The number of carbonyl (C=O) groups excluding carboxylic acids is 2. The van der Waals surface area contributed by atoms with Crippen molar-refractivity contribution in [1.29, 1.82) is 0 Å². The van der Waals surface area contributed by atoms with Gasteiger partial charge in [0.2, 0.25) is 11.6 Å². The molecule has 2 fully saturated rings. The van der Waals surface area contributed by atoms with E-state index in [4.69, 9.17) is 14.2 Å². The van der Waals surface area contributed by atoms with E-state index in [2.05, 4.69) is 0 Å². The maximum absolute atomic E-state index is 13.3. The topological polar surface area (TPSA) is 163 Å². The van der Waals surface area contributed by atoms with Gasteiger partial charge in [-0.1, -0.05) is 12.1 Å². The number of aliphatic hydroxyl groups excluding tert-OH is 1. The van der Waals surface area contributed by atoms with Crippen molar-refractivity contribution in [2.24, 2.45) is 17.8 Å². The van der Waals surface area contributed by atoms with Crippen LogP contribution in [0, 0.1) is 17.8 Å². The molecule has 5 N–H and O–H groups in total. The van der Waals surface area contributed by atoms with E-state index in [-0.39, 0.29) is 35.2 Å². The first kappa shape index (κ1) is 21.9. The van der Waals surface area contributed by atoms with Gasteiger partial charge in [-0.25, -0.2) is 0 Å². The quantitative estimate of drug-likeness (QED) is 0.399. The number of phenols is 3. The Kier molecular flexibility index (Phi) is 4.51. The van der Waals surface area contributed by atoms with E-state index in [0.717, 1.165) is 12.1 Å². The summed E-state index contributed by atoms with van der Waals surface area (Å²) in [7, 11) is 1.42. The molecule has 5 aliphatic rings. The SMILES string of the molecule is COc1cc([C@H]2[C@H]3CO[C@]4(O)C(=O)[C@@H]2C=C([C@H]2Oc5cc(O)cc(O)c5C(=O)[C@@H]2O)[C@@H]34)ccc1O. The molecule has 3 aliphatic carbocycles. The fourth-order valence-electron chi connectivity index (χ4n) is 6.16. The maximum atomic E-state index is 13.3. The van der Waals surface area contributed by atoms with E-state index in [1.807, 2.05) is 0 Å². The molecule has 2 aliphatic heterocycles. The number of fused-ring (bicyclic) bond motifs is 1. The van der Waals surface area contributed by atoms with E-state index in [9.17, 15) is 35.1 Å². The Balaban J connectivity index is 1.46. The lowest BCUT2D eigenvalue weighted by atomic mass is 9.55. The number of carbonyl (C=O) groups is 2. The number of aliphatic hydroxyl groups is 2. The normalized spacial score (nSPS) is 34.9. The van der Waals surface area contributed by atoms with Crippen LogP contribution in [0.3, 0.4) is 0 Å². The number of rotatable bonds is 3. The molecule has 182 valence electrons. The molecule has 7 atom stereocenters. The van der Waals surface area contributed by atoms with Crippen molar-refractivity contribution in [2.45, 2.75) is 23.9 Å². The molecule has 4 bridgehead atoms. The highest BCUT2D eigenvalue weighted by Crippen LogP contribution is 2.61. The molecule has 35 heavy (non-hydrogen) atoms. The van der Waals surface area contributed by atoms with Gasteiger partial charge in [0.1, 0.15) is 22.8 Å². The smallest absolute Gasteiger partial charge is 0.234 e. The summed E-state index contributed by atoms with van der Waals surface area (Å²) >= 11 is 0. The molecule has 7 rings (SSSR count). The van der Waals surface area contributed by atoms with Crippen LogP contribution in [0.5, 0.6) is 28.7 Å². The zero-order chi connectivity index (χ0) is 24.8. The van der Waals surface area contributed by atoms with Gasteiger partial charge in [0, 0.05) is 29.9 Å². The maximum Gasteiger partial charge on any atom is 0.234 e. The van der Waals surface area contributed by atoms with Crippen LogP contribution in [0.1, 0.15) is 21.8 Å². The van der Waals surface area contributed by atoms with Crippen LogP contribution in [-0.2, 0) is 9.53 Å². The van der Waals surface area contributed by atoms with Crippen molar-refractivity contribution >= 4 is 11.6 Å². The summed E-state index contributed by atoms with van der Waals surface area (Å²) in [6, 6.07) is 6.91. The van der Waals surface area contributed by atoms with Crippen LogP contribution < -0.4 is 9.47 Å². The van der Waals surface area contributed by atoms with Crippen molar-refractivity contribution in [2.75, 3.05) is 13.7 Å². The fourth-order valence-corrected chi connectivity index (χ4v) is 6.16. The molecular weight excluding hydrogens is 460 g/mol. The van der Waals surface area contributed by atoms with Gasteiger partial charge in [-0.3, -0.25) is 9.59 Å². The minimum atomic E-state index is -2.13. The van der Waals surface area contributed by atoms with Crippen molar-refractivity contribution < 1.29 is 49.3 Å². The number of hydrogen-bond donors (Lipinski definition) is 5. The third kappa shape index (κ3) is 2.81. The van der Waals surface area contributed by atoms with Crippen LogP contribution in [-0.4, -0.2) is 68.8 Å². The first-order chi connectivity index (χ1) is 16.7. The van der Waals surface area contributed by atoms with Crippen LogP contribution in [0.15, 0.2) is 42.0 Å². The number of ether oxygens (including phenoxy) is 3. The highest BCUT2D eigenvalue weighted by Gasteiger charge is 2.69. The number of benzene rings is 2. The molecule has 0 spiro atoms. The lowest BCUT2D eigenvalue weighted by Crippen LogP contribution is -2.60. The molecular formula is C25H22O10. The standard InChI is InChI=1S/C25H22O10/c1-33-16-4-9(2-3-14(16)27)18-11-7-12(20-13(18)8-34-25(20,32)24(11)31)23-22(30)21(29)19-15(28)5-10(26)6-17(19)35-23/h2-7,11,13,18,20,22-23,26-28,30,32H,8H2,1H3/t11-,13-,18-,20+,22+,23-,25+/m1/s1. The first-order valence-electron chi connectivity index (χ1n) is 11.1. The van der Waals surface area contributed by atoms with Crippen LogP contribution >= 0.6 is 0 Å². The number of hydrogen-bond acceptors (Lipinski definition) is 10. The zero-order valence-electron chi connectivity index (χ0n) is 18.4. The van der Waals surface area contributed by atoms with Gasteiger partial charge in [-0.05, 0) is 23.3 Å². The Morgan fingerprint density at radius 1 is 1.09 bits per heavy atom. The monoisotopic (exact) mass is 482 g/mol. The molecule has 2 heterocycles. The highest BCUT2D eigenvalue weighted by molar-refractivity contribution is 6.06. The van der Waals surface area contributed by atoms with Gasteiger partial charge in [-0.2, -0.15) is 0 Å². The van der Waals surface area contributed by atoms with Gasteiger partial charge in [0.05, 0.1) is 19.6 Å². The van der Waals surface area contributed by atoms with Crippen LogP contribution in [0.4, 0.5) is 0 Å². The number of Topliss-reactive ketones (excluding diaryl/α,β-unsaturated/α-hetero) is 2. The van der Waals surface area contributed by atoms with E-state index in [0.29, 0.717) is 11.1 Å². The molecule has 0 unspecified atom stereocenters. The molecule has 10 nitrogen and oxygen atoms in total. The second-order valence-corrected chi connectivity index (χ2v) is 9.35. The zero-order valence-corrected chi connectivity index (χ0v) is 18.4. The lowest BCUT2D eigenvalue weighted by Gasteiger charge is -2.50. The van der Waals surface area contributed by atoms with E-state index < -0.39 is 59.0 Å². The summed E-state index contributed by atoms with van der Waals surface area (Å²) in [5, 5.41) is 52.0. The Bertz CT molecular complexity index is 1320. The predicted octanol–water partition coefficient (Wildman–Crippen LogP) is 0.990. The second kappa shape index (κ2) is 7.20. The summed E-state index contributed by atoms with van der Waals surface area (Å²) in [5.74, 6) is -6.84. The van der Waals surface area contributed by atoms with Crippen molar-refractivity contribution in [3.63, 3.8) is 0 Å². The summed E-state index contributed by atoms with van der Waals surface area (Å²) < 4.78 is 16.7. The molecule has 1 saturated heterocycles. The number of methoxy groups -OCH3 is 1. The number of allylic oxidation sites excluding steroid dienone is 1. The van der Waals surface area contributed by atoms with Crippen LogP contribution in [0.25, 0.3) is 0 Å². The summed E-state index contributed by atoms with van der Waals surface area (Å²) in [4.78, 5) is 26.2. The average Bonchev–Trinajstić information content (AvgIpc) is 3.14. The minimum Gasteiger partial charge on any atom is -0.508 e. The molecule has 10 heteroatoms. The Morgan fingerprint density at radius 3 is 2.60 bits per heavy atom. The van der Waals surface area contributed by atoms with Crippen LogP contribution in [0.2, 0.25) is 0 Å². The second-order valence-electron chi connectivity index (χ2n) is 9.35. The van der Waals surface area contributed by atoms with E-state index in [1.54, 1.807) is 18.2 Å². The molecule has 0 amide bonds. The van der Waals surface area contributed by atoms with Crippen molar-refractivity contribution in [3.05, 3.63) is 53.1 Å². The van der Waals surface area contributed by atoms with Gasteiger partial charge >= 0.3 is 0 Å². The molecule has 0 radical (unpaired) electrons. The summed E-state index contributed by atoms with van der Waals surface area (Å²) in [6.45, 7) is 0.0452. The molecule has 2 aromatic rings. The molecule has 1 saturated carbocycles. The third-order valence-corrected chi connectivity index (χ3v) is 7.62. The minimum absolute atomic E-state index is 0.0452. The van der Waals surface area contributed by atoms with Gasteiger partial charge in [-0.15, -0.1) is 0 Å².